The van der Waals surface area contributed by atoms with Gasteiger partial charge in [0.15, 0.2) is 0 Å². The van der Waals surface area contributed by atoms with Crippen molar-refractivity contribution in [3.63, 3.8) is 0 Å². The lowest BCUT2D eigenvalue weighted by atomic mass is 10.1. The molecule has 1 N–H and O–H groups in total. The molecule has 1 heterocycles. The topological polar surface area (TPSA) is 139 Å². The number of benzene rings is 2. The smallest absolute Gasteiger partial charge is 0.271 e. The molecule has 0 radical (unpaired) electrons. The fraction of sp³-hybridized carbons (Fsp3) is 0.300. The number of hydrogen-bond donors (Lipinski definition) is 1. The molecule has 2 amide bonds. The van der Waals surface area contributed by atoms with Crippen LogP contribution in [0.3, 0.4) is 0 Å². The van der Waals surface area contributed by atoms with E-state index in [-0.39, 0.29) is 23.0 Å². The molecule has 1 fully saturated rings. The molecule has 1 aliphatic rings. The highest BCUT2D eigenvalue weighted by Crippen LogP contribution is 2.21. The van der Waals surface area contributed by atoms with E-state index in [1.807, 2.05) is 0 Å². The number of nitro groups is 1. The summed E-state index contributed by atoms with van der Waals surface area (Å²) >= 11 is 0. The van der Waals surface area contributed by atoms with Gasteiger partial charge in [-0.3, -0.25) is 24.0 Å². The quantitative estimate of drug-likeness (QED) is 0.485. The summed E-state index contributed by atoms with van der Waals surface area (Å²) in [6.45, 7) is 1.34. The zero-order chi connectivity index (χ0) is 23.3. The zero-order valence-corrected chi connectivity index (χ0v) is 18.1. The van der Waals surface area contributed by atoms with E-state index in [9.17, 15) is 28.1 Å². The van der Waals surface area contributed by atoms with Crippen molar-refractivity contribution in [3.8, 4) is 0 Å². The number of hydrogen-bond acceptors (Lipinski definition) is 7. The molecule has 11 nitrogen and oxygen atoms in total. The molecule has 2 aromatic rings. The van der Waals surface area contributed by atoms with Crippen LogP contribution in [0, 0.1) is 10.1 Å². The molecule has 0 bridgehead atoms. The Kier molecular flexibility index (Phi) is 7.05. The van der Waals surface area contributed by atoms with E-state index >= 15 is 0 Å². The van der Waals surface area contributed by atoms with Gasteiger partial charge in [-0.25, -0.2) is 8.42 Å². The highest BCUT2D eigenvalue weighted by molar-refractivity contribution is 7.92. The monoisotopic (exact) mass is 462 g/mol. The van der Waals surface area contributed by atoms with Crippen molar-refractivity contribution in [3.05, 3.63) is 64.2 Å². The summed E-state index contributed by atoms with van der Waals surface area (Å²) in [6.07, 6.45) is 0.959. The largest absolute Gasteiger partial charge is 0.378 e. The number of rotatable bonds is 7. The highest BCUT2D eigenvalue weighted by Gasteiger charge is 2.23. The van der Waals surface area contributed by atoms with Gasteiger partial charge in [-0.1, -0.05) is 6.07 Å². The fourth-order valence-corrected chi connectivity index (χ4v) is 4.00. The van der Waals surface area contributed by atoms with Crippen LogP contribution < -0.4 is 9.62 Å². The van der Waals surface area contributed by atoms with Gasteiger partial charge in [0.1, 0.15) is 6.54 Å². The molecule has 0 aromatic heterocycles. The molecule has 32 heavy (non-hydrogen) atoms. The van der Waals surface area contributed by atoms with E-state index in [4.69, 9.17) is 4.74 Å². The first-order valence-corrected chi connectivity index (χ1v) is 11.5. The Bertz CT molecular complexity index is 1110. The molecule has 3 rings (SSSR count). The minimum absolute atomic E-state index is 0.170. The lowest BCUT2D eigenvalue weighted by Gasteiger charge is -2.27. The minimum atomic E-state index is -3.83. The second-order valence-corrected chi connectivity index (χ2v) is 8.98. The third-order valence-corrected chi connectivity index (χ3v) is 5.87. The number of nitro benzene ring substituents is 1. The van der Waals surface area contributed by atoms with Crippen molar-refractivity contribution < 1.29 is 27.7 Å². The molecule has 170 valence electrons. The fourth-order valence-electron chi connectivity index (χ4n) is 3.15. The Balaban J connectivity index is 1.74. The summed E-state index contributed by atoms with van der Waals surface area (Å²) in [5.41, 5.74) is 0.567. The summed E-state index contributed by atoms with van der Waals surface area (Å²) in [6, 6.07) is 11.2. The maximum Gasteiger partial charge on any atom is 0.271 e. The van der Waals surface area contributed by atoms with E-state index in [0.29, 0.717) is 31.9 Å². The van der Waals surface area contributed by atoms with Crippen LogP contribution in [0.1, 0.15) is 10.4 Å². The Morgan fingerprint density at radius 2 is 1.81 bits per heavy atom. The Morgan fingerprint density at radius 1 is 1.16 bits per heavy atom. The highest BCUT2D eigenvalue weighted by atomic mass is 32.2. The van der Waals surface area contributed by atoms with E-state index < -0.39 is 27.4 Å². The number of carbonyl (C=O) groups excluding carboxylic acids is 2. The van der Waals surface area contributed by atoms with Crippen molar-refractivity contribution in [1.29, 1.82) is 0 Å². The molecule has 0 unspecified atom stereocenters. The minimum Gasteiger partial charge on any atom is -0.378 e. The number of ether oxygens (including phenoxy) is 1. The molecule has 0 aliphatic carbocycles. The average Bonchev–Trinajstić information content (AvgIpc) is 2.77. The van der Waals surface area contributed by atoms with Crippen LogP contribution >= 0.6 is 0 Å². The summed E-state index contributed by atoms with van der Waals surface area (Å²) in [4.78, 5) is 36.9. The van der Waals surface area contributed by atoms with Gasteiger partial charge in [0.2, 0.25) is 15.9 Å². The zero-order valence-electron chi connectivity index (χ0n) is 17.3. The van der Waals surface area contributed by atoms with Gasteiger partial charge in [0, 0.05) is 36.5 Å². The number of anilines is 2. The molecule has 2 aromatic carbocycles. The first-order valence-electron chi connectivity index (χ1n) is 9.64. The van der Waals surface area contributed by atoms with E-state index in [1.54, 1.807) is 4.90 Å². The number of amides is 2. The van der Waals surface area contributed by atoms with Crippen LogP contribution in [0.5, 0.6) is 0 Å². The Hall–Kier alpha value is -3.51. The molecule has 12 heteroatoms. The normalized spacial score (nSPS) is 14.0. The van der Waals surface area contributed by atoms with Gasteiger partial charge in [-0.05, 0) is 30.3 Å². The maximum absolute atomic E-state index is 12.6. The van der Waals surface area contributed by atoms with Crippen LogP contribution in [-0.2, 0) is 19.6 Å². The molecule has 1 aliphatic heterocycles. The number of sulfonamides is 1. The Labute approximate surface area is 184 Å². The van der Waals surface area contributed by atoms with Crippen molar-refractivity contribution in [1.82, 2.24) is 4.90 Å². The summed E-state index contributed by atoms with van der Waals surface area (Å²) < 4.78 is 30.7. The molecular weight excluding hydrogens is 440 g/mol. The number of morpholine rings is 1. The standard InChI is InChI=1S/C20H22N4O7S/c1-32(29,30)23(14-19(25)21-16-3-2-4-18(13-16)24(27)28)17-7-5-15(6-8-17)20(26)22-9-11-31-12-10-22/h2-8,13H,9-12,14H2,1H3,(H,21,25). The van der Waals surface area contributed by atoms with Crippen molar-refractivity contribution in [2.24, 2.45) is 0 Å². The number of non-ortho nitro benzene ring substituents is 1. The first-order chi connectivity index (χ1) is 15.1. The average molecular weight is 462 g/mol. The molecule has 0 saturated carbocycles. The predicted molar refractivity (Wildman–Crippen MR) is 117 cm³/mol. The van der Waals surface area contributed by atoms with Crippen molar-refractivity contribution >= 4 is 38.9 Å². The number of carbonyl (C=O) groups is 2. The Morgan fingerprint density at radius 3 is 2.41 bits per heavy atom. The van der Waals surface area contributed by atoms with Crippen molar-refractivity contribution in [2.45, 2.75) is 0 Å². The molecule has 0 atom stereocenters. The van der Waals surface area contributed by atoms with Crippen LogP contribution in [-0.4, -0.2) is 69.2 Å². The van der Waals surface area contributed by atoms with Crippen LogP contribution in [0.2, 0.25) is 0 Å². The molecule has 1 saturated heterocycles. The van der Waals surface area contributed by atoms with Gasteiger partial charge in [-0.2, -0.15) is 0 Å². The molecular formula is C20H22N4O7S. The van der Waals surface area contributed by atoms with E-state index in [1.165, 1.54) is 48.5 Å². The van der Waals surface area contributed by atoms with Crippen LogP contribution in [0.25, 0.3) is 0 Å². The summed E-state index contributed by atoms with van der Waals surface area (Å²) in [5.74, 6) is -0.862. The second-order valence-electron chi connectivity index (χ2n) is 7.08. The van der Waals surface area contributed by atoms with Crippen LogP contribution in [0.4, 0.5) is 17.1 Å². The van der Waals surface area contributed by atoms with Gasteiger partial charge >= 0.3 is 0 Å². The number of nitrogens with one attached hydrogen (secondary N) is 1. The SMILES string of the molecule is CS(=O)(=O)N(CC(=O)Nc1cccc([N+](=O)[O-])c1)c1ccc(C(=O)N2CCOCC2)cc1. The summed E-state index contributed by atoms with van der Waals surface area (Å²) in [5, 5.41) is 13.3. The number of nitrogens with zero attached hydrogens (tertiary/aromatic N) is 3. The summed E-state index contributed by atoms with van der Waals surface area (Å²) in [7, 11) is -3.83. The van der Waals surface area contributed by atoms with Crippen LogP contribution in [0.15, 0.2) is 48.5 Å². The van der Waals surface area contributed by atoms with Gasteiger partial charge in [-0.15, -0.1) is 0 Å². The second kappa shape index (κ2) is 9.75. The third-order valence-electron chi connectivity index (χ3n) is 4.73. The third kappa shape index (κ3) is 5.80. The van der Waals surface area contributed by atoms with Gasteiger partial charge < -0.3 is 15.0 Å². The van der Waals surface area contributed by atoms with Gasteiger partial charge in [0.05, 0.1) is 30.1 Å². The molecule has 0 spiro atoms. The lowest BCUT2D eigenvalue weighted by Crippen LogP contribution is -2.40. The lowest BCUT2D eigenvalue weighted by molar-refractivity contribution is -0.384. The first kappa shape index (κ1) is 23.2. The van der Waals surface area contributed by atoms with Gasteiger partial charge in [0.25, 0.3) is 11.6 Å². The van der Waals surface area contributed by atoms with Crippen molar-refractivity contribution in [2.75, 3.05) is 48.7 Å². The van der Waals surface area contributed by atoms with E-state index in [0.717, 1.165) is 10.6 Å². The maximum atomic E-state index is 12.6. The predicted octanol–water partition coefficient (Wildman–Crippen LogP) is 1.47. The van der Waals surface area contributed by atoms with E-state index in [2.05, 4.69) is 5.32 Å².